The molecule has 0 fully saturated rings. The first kappa shape index (κ1) is 5.59. The van der Waals surface area contributed by atoms with Crippen LogP contribution in [-0.2, 0) is 0 Å². The van der Waals surface area contributed by atoms with Gasteiger partial charge in [-0.25, -0.2) is 22.4 Å². The van der Waals surface area contributed by atoms with Gasteiger partial charge in [-0.2, -0.15) is 0 Å². The molecule has 0 bridgehead atoms. The Morgan fingerprint density at radius 2 is 2.00 bits per heavy atom. The molecule has 23 valence electrons. The third kappa shape index (κ3) is 3.59. The average molecular weight is 277 g/mol. The van der Waals surface area contributed by atoms with E-state index in [1.54, 1.807) is 0 Å². The molecule has 0 amide bonds. The number of rotatable bonds is 1. The minimum absolute atomic E-state index is 0.346. The Hall–Kier alpha value is 1.59. The maximum atomic E-state index is 2.41. The van der Waals surface area contributed by atoms with Crippen molar-refractivity contribution in [1.29, 1.82) is 0 Å². The fraction of sp³-hybridized carbons (Fsp3) is 0. The third-order valence-corrected chi connectivity index (χ3v) is 3.71. The molecule has 0 aliphatic heterocycles. The van der Waals surface area contributed by atoms with Gasteiger partial charge in [0.2, 0.25) is 0 Å². The fourth-order valence-electron chi connectivity index (χ4n) is 0. The Balaban J connectivity index is 1.97. The van der Waals surface area contributed by atoms with E-state index in [2.05, 4.69) is 49.8 Å². The smallest absolute Gasteiger partial charge is 0.0149 e. The minimum Gasteiger partial charge on any atom is -0.369 e. The fourth-order valence-corrected chi connectivity index (χ4v) is 0. The van der Waals surface area contributed by atoms with Crippen molar-refractivity contribution in [2.75, 3.05) is 0 Å². The summed E-state index contributed by atoms with van der Waals surface area (Å²) in [5.41, 5.74) is 0. The summed E-state index contributed by atoms with van der Waals surface area (Å²) >= 11 is 4.69. The highest BCUT2D eigenvalue weighted by Gasteiger charge is 1.55. The molecule has 0 saturated carbocycles. The largest absolute Gasteiger partial charge is 0.369 e. The second-order valence-corrected chi connectivity index (χ2v) is 2.93. The van der Waals surface area contributed by atoms with Crippen LogP contribution >= 0.6 is 44.7 Å². The van der Waals surface area contributed by atoms with Gasteiger partial charge in [-0.3, -0.25) is 0 Å². The summed E-state index contributed by atoms with van der Waals surface area (Å²) in [6, 6.07) is 0. The molecule has 0 aliphatic carbocycles. The number of hydrogen-bond acceptors (Lipinski definition) is 0. The highest BCUT2D eigenvalue weighted by atomic mass is 127. The van der Waals surface area contributed by atoms with Crippen molar-refractivity contribution in [3.63, 3.8) is 0 Å². The Bertz CT molecular complexity index is 6.00. The van der Waals surface area contributed by atoms with Crippen LogP contribution in [0.25, 0.3) is 0 Å². The quantitative estimate of drug-likeness (QED) is 0.483. The molecule has 0 aromatic heterocycles. The van der Waals surface area contributed by atoms with Crippen molar-refractivity contribution in [2.24, 2.45) is 0 Å². The minimum atomic E-state index is 0.346. The van der Waals surface area contributed by atoms with Gasteiger partial charge < -0.3 is 22.4 Å². The van der Waals surface area contributed by atoms with Crippen LogP contribution in [0.5, 0.6) is 0 Å². The van der Waals surface area contributed by atoms with Gasteiger partial charge >= 0.3 is 0 Å². The maximum absolute atomic E-state index is 2.41. The van der Waals surface area contributed by atoms with E-state index < -0.39 is 0 Å². The molecule has 0 unspecified atom stereocenters. The first-order valence-corrected chi connectivity index (χ1v) is 4.58. The standard InChI is InChI=1S/B2H2I2/c3-1-2-4/h1H2/q-1. The molecule has 0 heterocycles. The van der Waals surface area contributed by atoms with Crippen LogP contribution in [-0.4, -0.2) is 10.1 Å². The Morgan fingerprint density at radius 3 is 2.00 bits per heavy atom. The normalized spacial score (nSPS) is 6.50. The molecule has 0 aromatic rings. The van der Waals surface area contributed by atoms with Crippen molar-refractivity contribution in [1.82, 2.24) is 0 Å². The average Bonchev–Trinajstić information content (AvgIpc) is 1.37. The first-order valence-electron chi connectivity index (χ1n) is 1.17. The highest BCUT2D eigenvalue weighted by molar-refractivity contribution is 14.2. The predicted molar refractivity (Wildman–Crippen MR) is 42.3 cm³/mol. The van der Waals surface area contributed by atoms with Crippen LogP contribution in [0, 0.1) is 0 Å². The topological polar surface area (TPSA) is 0 Å². The summed E-state index contributed by atoms with van der Waals surface area (Å²) in [4.78, 5) is 0. The molecule has 0 spiro atoms. The Labute approximate surface area is 54.3 Å². The van der Waals surface area contributed by atoms with Crippen molar-refractivity contribution in [2.45, 2.75) is 0 Å². The Kier molecular flexibility index (Phi) is 6.41. The van der Waals surface area contributed by atoms with Crippen LogP contribution in [0.15, 0.2) is 0 Å². The van der Waals surface area contributed by atoms with Crippen LogP contribution < -0.4 is 0 Å². The molecular formula is H2B2I2-. The summed E-state index contributed by atoms with van der Waals surface area (Å²) in [5, 5.41) is 2.55. The first-order chi connectivity index (χ1) is 1.91. The van der Waals surface area contributed by atoms with E-state index in [0.29, 0.717) is 5.03 Å². The van der Waals surface area contributed by atoms with E-state index in [4.69, 9.17) is 0 Å². The van der Waals surface area contributed by atoms with Gasteiger partial charge in [-0.1, -0.05) is 0 Å². The molecule has 0 N–H and O–H groups in total. The third-order valence-electron chi connectivity index (χ3n) is 0.0825. The van der Waals surface area contributed by atoms with E-state index >= 15 is 0 Å². The second kappa shape index (κ2) is 4.59. The summed E-state index contributed by atoms with van der Waals surface area (Å²) in [7, 11) is 0. The molecule has 4 heteroatoms. The van der Waals surface area contributed by atoms with Gasteiger partial charge in [-0.05, 0) is 0 Å². The molecular weight excluding hydrogens is 275 g/mol. The van der Waals surface area contributed by atoms with Crippen LogP contribution in [0.4, 0.5) is 0 Å². The lowest BCUT2D eigenvalue weighted by Crippen LogP contribution is -1.76. The monoisotopic (exact) mass is 278 g/mol. The van der Waals surface area contributed by atoms with E-state index in [-0.39, 0.29) is 0 Å². The van der Waals surface area contributed by atoms with Gasteiger partial charge in [-0.15, -0.1) is 0 Å². The molecule has 1 radical (unpaired) electrons. The zero-order valence-electron chi connectivity index (χ0n) is 2.33. The molecule has 0 atom stereocenters. The van der Waals surface area contributed by atoms with Crippen LogP contribution in [0.2, 0.25) is 0 Å². The van der Waals surface area contributed by atoms with Gasteiger partial charge in [0.05, 0.1) is 0 Å². The van der Waals surface area contributed by atoms with E-state index in [9.17, 15) is 0 Å². The van der Waals surface area contributed by atoms with Gasteiger partial charge in [0.1, 0.15) is 0 Å². The summed E-state index contributed by atoms with van der Waals surface area (Å²) in [6.45, 7) is 0. The molecule has 0 nitrogen and oxygen atoms in total. The molecule has 4 heavy (non-hydrogen) atoms. The SMILES string of the molecule is I[B][BH2-]I. The van der Waals surface area contributed by atoms with E-state index in [0.717, 1.165) is 0 Å². The highest BCUT2D eigenvalue weighted by Crippen LogP contribution is 1.76. The zero-order valence-corrected chi connectivity index (χ0v) is 6.65. The van der Waals surface area contributed by atoms with Gasteiger partial charge in [0.15, 0.2) is 0 Å². The molecule has 0 saturated heterocycles. The van der Waals surface area contributed by atoms with Crippen molar-refractivity contribution in [3.8, 4) is 0 Å². The summed E-state index contributed by atoms with van der Waals surface area (Å²) in [5.74, 6) is 0. The van der Waals surface area contributed by atoms with Gasteiger partial charge in [0, 0.05) is 10.1 Å². The lowest BCUT2D eigenvalue weighted by atomic mass is 9.80. The van der Waals surface area contributed by atoms with Crippen LogP contribution in [0.1, 0.15) is 0 Å². The molecule has 0 rings (SSSR count). The van der Waals surface area contributed by atoms with Gasteiger partial charge in [0.25, 0.3) is 0 Å². The zero-order chi connectivity index (χ0) is 3.41. The van der Waals surface area contributed by atoms with Crippen molar-refractivity contribution in [3.05, 3.63) is 0 Å². The lowest BCUT2D eigenvalue weighted by Gasteiger charge is -1.70. The second-order valence-electron chi connectivity index (χ2n) is 0.436. The molecule has 0 aromatic carbocycles. The van der Waals surface area contributed by atoms with Crippen LogP contribution in [0.3, 0.4) is 0 Å². The van der Waals surface area contributed by atoms with Crippen molar-refractivity contribution < 1.29 is 0 Å². The summed E-state index contributed by atoms with van der Waals surface area (Å²) in [6.07, 6.45) is 0. The predicted octanol–water partition coefficient (Wildman–Crippen LogP) is 0.474. The Morgan fingerprint density at radius 1 is 1.75 bits per heavy atom. The summed E-state index contributed by atoms with van der Waals surface area (Å²) < 4.78 is 0. The molecule has 0 aliphatic rings. The lowest BCUT2D eigenvalue weighted by molar-refractivity contribution is 4.65. The number of halogens is 2. The van der Waals surface area contributed by atoms with Crippen molar-refractivity contribution >= 4 is 54.8 Å². The number of hydrogen-bond donors (Lipinski definition) is 0. The van der Waals surface area contributed by atoms with E-state index in [1.165, 1.54) is 0 Å². The maximum Gasteiger partial charge on any atom is 0.0149 e. The van der Waals surface area contributed by atoms with E-state index in [1.807, 2.05) is 0 Å².